The van der Waals surface area contributed by atoms with Crippen LogP contribution in [0.1, 0.15) is 17.5 Å². The second-order valence-electron chi connectivity index (χ2n) is 5.72. The molecule has 0 aliphatic rings. The molecule has 0 bridgehead atoms. The number of rotatable bonds is 3. The Balaban J connectivity index is 2.52. The third kappa shape index (κ3) is 2.57. The summed E-state index contributed by atoms with van der Waals surface area (Å²) >= 11 is 3.41. The molecule has 3 aromatic rings. The normalized spacial score (nSPS) is 11.4. The zero-order valence-electron chi connectivity index (χ0n) is 12.9. The number of phenolic OH excluding ortho intramolecular Hbond substituents is 1. The minimum atomic E-state index is -0.273. The molecule has 0 saturated heterocycles. The molecule has 2 heterocycles. The summed E-state index contributed by atoms with van der Waals surface area (Å²) in [6, 6.07) is 5.07. The fourth-order valence-corrected chi connectivity index (χ4v) is 3.29. The molecular weight excluding hydrogens is 360 g/mol. The summed E-state index contributed by atoms with van der Waals surface area (Å²) < 4.78 is 1.42. The number of nitrogens with zero attached hydrogens (tertiary/aromatic N) is 1. The highest BCUT2D eigenvalue weighted by Crippen LogP contribution is 2.34. The Kier molecular flexibility index (Phi) is 4.02. The van der Waals surface area contributed by atoms with E-state index >= 15 is 0 Å². The molecule has 0 atom stereocenters. The van der Waals surface area contributed by atoms with Crippen LogP contribution < -0.4 is 11.1 Å². The molecule has 2 aromatic heterocycles. The van der Waals surface area contributed by atoms with Gasteiger partial charge in [0, 0.05) is 35.3 Å². The fraction of sp³-hybridized carbons (Fsp3) is 0.294. The largest absolute Gasteiger partial charge is 0.504 e. The van der Waals surface area contributed by atoms with Crippen molar-refractivity contribution in [2.75, 3.05) is 5.33 Å². The quantitative estimate of drug-likeness (QED) is 0.545. The zero-order valence-corrected chi connectivity index (χ0v) is 14.5. The van der Waals surface area contributed by atoms with Crippen LogP contribution in [0.4, 0.5) is 0 Å². The van der Waals surface area contributed by atoms with E-state index in [1.165, 1.54) is 10.6 Å². The van der Waals surface area contributed by atoms with E-state index in [-0.39, 0.29) is 16.9 Å². The van der Waals surface area contributed by atoms with Crippen LogP contribution in [0.3, 0.4) is 0 Å². The number of benzene rings is 1. The smallest absolute Gasteiger partial charge is 0.251 e. The molecule has 0 unspecified atom stereocenters. The summed E-state index contributed by atoms with van der Waals surface area (Å²) in [6.07, 6.45) is 1.64. The Bertz CT molecular complexity index is 1030. The maximum atomic E-state index is 12.2. The SMILES string of the molecule is Cc1cc(=O)[nH]c2c(O)c3c(cc12)c(CCCBr)cc(=O)n3C. The van der Waals surface area contributed by atoms with Crippen LogP contribution in [0, 0.1) is 6.92 Å². The molecule has 0 saturated carbocycles. The number of aromatic hydroxyl groups is 1. The van der Waals surface area contributed by atoms with Crippen LogP contribution >= 0.6 is 15.9 Å². The molecule has 0 spiro atoms. The van der Waals surface area contributed by atoms with Crippen LogP contribution in [0.15, 0.2) is 27.8 Å². The van der Waals surface area contributed by atoms with Gasteiger partial charge in [-0.2, -0.15) is 0 Å². The molecule has 0 amide bonds. The maximum absolute atomic E-state index is 12.2. The van der Waals surface area contributed by atoms with Gasteiger partial charge >= 0.3 is 0 Å². The van der Waals surface area contributed by atoms with Gasteiger partial charge in [-0.25, -0.2) is 0 Å². The molecule has 3 rings (SSSR count). The Morgan fingerprint density at radius 3 is 2.65 bits per heavy atom. The van der Waals surface area contributed by atoms with Gasteiger partial charge in [0.25, 0.3) is 5.56 Å². The average molecular weight is 377 g/mol. The third-order valence-electron chi connectivity index (χ3n) is 4.18. The van der Waals surface area contributed by atoms with Crippen LogP contribution in [0.5, 0.6) is 5.75 Å². The number of fused-ring (bicyclic) bond motifs is 2. The maximum Gasteiger partial charge on any atom is 0.251 e. The minimum absolute atomic E-state index is 0.0569. The first kappa shape index (κ1) is 15.8. The van der Waals surface area contributed by atoms with E-state index in [1.54, 1.807) is 13.1 Å². The van der Waals surface area contributed by atoms with Crippen molar-refractivity contribution in [3.63, 3.8) is 0 Å². The number of alkyl halides is 1. The number of H-pyrrole nitrogens is 1. The number of pyridine rings is 2. The topological polar surface area (TPSA) is 75.1 Å². The molecule has 1 aromatic carbocycles. The number of phenols is 1. The number of hydrogen-bond donors (Lipinski definition) is 2. The predicted octanol–water partition coefficient (Wildman–Crippen LogP) is 2.72. The Hall–Kier alpha value is -2.08. The van der Waals surface area contributed by atoms with Crippen molar-refractivity contribution in [1.29, 1.82) is 0 Å². The lowest BCUT2D eigenvalue weighted by molar-refractivity contribution is 0.483. The van der Waals surface area contributed by atoms with Gasteiger partial charge < -0.3 is 14.7 Å². The highest BCUT2D eigenvalue weighted by atomic mass is 79.9. The summed E-state index contributed by atoms with van der Waals surface area (Å²) in [7, 11) is 1.62. The van der Waals surface area contributed by atoms with Gasteiger partial charge in [-0.3, -0.25) is 9.59 Å². The van der Waals surface area contributed by atoms with Gasteiger partial charge in [-0.1, -0.05) is 15.9 Å². The van der Waals surface area contributed by atoms with E-state index in [9.17, 15) is 14.7 Å². The van der Waals surface area contributed by atoms with Crippen molar-refractivity contribution in [3.05, 3.63) is 50.0 Å². The summed E-state index contributed by atoms with van der Waals surface area (Å²) in [5, 5.41) is 13.1. The molecule has 23 heavy (non-hydrogen) atoms. The van der Waals surface area contributed by atoms with Gasteiger partial charge in [0.05, 0.1) is 11.0 Å². The zero-order chi connectivity index (χ0) is 16.7. The number of nitrogens with one attached hydrogen (secondary N) is 1. The van der Waals surface area contributed by atoms with Crippen LogP contribution in [-0.2, 0) is 13.5 Å². The molecule has 0 radical (unpaired) electrons. The number of halogens is 1. The van der Waals surface area contributed by atoms with E-state index in [0.29, 0.717) is 11.0 Å². The van der Waals surface area contributed by atoms with Crippen LogP contribution in [0.25, 0.3) is 21.8 Å². The van der Waals surface area contributed by atoms with Crippen molar-refractivity contribution < 1.29 is 5.11 Å². The first-order valence-corrected chi connectivity index (χ1v) is 8.50. The molecular formula is C17H17BrN2O3. The van der Waals surface area contributed by atoms with Crippen molar-refractivity contribution in [2.45, 2.75) is 19.8 Å². The first-order valence-electron chi connectivity index (χ1n) is 7.38. The van der Waals surface area contributed by atoms with Crippen molar-refractivity contribution in [3.8, 4) is 5.75 Å². The van der Waals surface area contributed by atoms with Crippen LogP contribution in [0.2, 0.25) is 0 Å². The van der Waals surface area contributed by atoms with Crippen molar-refractivity contribution in [2.24, 2.45) is 7.05 Å². The lowest BCUT2D eigenvalue weighted by atomic mass is 10.00. The Labute approximate surface area is 140 Å². The average Bonchev–Trinajstić information content (AvgIpc) is 2.50. The van der Waals surface area contributed by atoms with E-state index in [2.05, 4.69) is 20.9 Å². The van der Waals surface area contributed by atoms with Gasteiger partial charge in [-0.05, 0) is 37.0 Å². The van der Waals surface area contributed by atoms with E-state index in [0.717, 1.165) is 40.1 Å². The lowest BCUT2D eigenvalue weighted by Crippen LogP contribution is -2.18. The predicted molar refractivity (Wildman–Crippen MR) is 95.8 cm³/mol. The fourth-order valence-electron chi connectivity index (χ4n) is 3.01. The number of aromatic amines is 1. The highest BCUT2D eigenvalue weighted by Gasteiger charge is 2.15. The molecule has 0 aliphatic heterocycles. The van der Waals surface area contributed by atoms with Gasteiger partial charge in [-0.15, -0.1) is 0 Å². The number of aromatic nitrogens is 2. The van der Waals surface area contributed by atoms with Gasteiger partial charge in [0.2, 0.25) is 5.56 Å². The molecule has 2 N–H and O–H groups in total. The summed E-state index contributed by atoms with van der Waals surface area (Å²) in [6.45, 7) is 1.84. The van der Waals surface area contributed by atoms with E-state index in [1.807, 2.05) is 13.0 Å². The Morgan fingerprint density at radius 1 is 1.22 bits per heavy atom. The minimum Gasteiger partial charge on any atom is -0.504 e. The van der Waals surface area contributed by atoms with Gasteiger partial charge in [0.15, 0.2) is 5.75 Å². The van der Waals surface area contributed by atoms with Crippen LogP contribution in [-0.4, -0.2) is 20.0 Å². The van der Waals surface area contributed by atoms with Crippen molar-refractivity contribution >= 4 is 37.7 Å². The van der Waals surface area contributed by atoms with E-state index in [4.69, 9.17) is 0 Å². The van der Waals surface area contributed by atoms with Crippen molar-refractivity contribution in [1.82, 2.24) is 9.55 Å². The Morgan fingerprint density at radius 2 is 1.96 bits per heavy atom. The van der Waals surface area contributed by atoms with Gasteiger partial charge in [0.1, 0.15) is 0 Å². The molecule has 5 nitrogen and oxygen atoms in total. The molecule has 0 aliphatic carbocycles. The first-order chi connectivity index (χ1) is 10.9. The molecule has 0 fully saturated rings. The summed E-state index contributed by atoms with van der Waals surface area (Å²) in [5.41, 5.74) is 2.08. The number of aryl methyl sites for hydroxylation is 3. The second kappa shape index (κ2) is 5.85. The summed E-state index contributed by atoms with van der Waals surface area (Å²) in [4.78, 5) is 26.6. The second-order valence-corrected chi connectivity index (χ2v) is 6.51. The monoisotopic (exact) mass is 376 g/mol. The highest BCUT2D eigenvalue weighted by molar-refractivity contribution is 9.09. The number of hydrogen-bond acceptors (Lipinski definition) is 3. The molecule has 120 valence electrons. The summed E-state index contributed by atoms with van der Waals surface area (Å²) in [5.74, 6) is -0.0569. The van der Waals surface area contributed by atoms with E-state index < -0.39 is 0 Å². The molecule has 6 heteroatoms. The standard InChI is InChI=1S/C17H17BrN2O3/c1-9-6-13(21)19-15-11(9)8-12-10(4-3-5-18)7-14(22)20(2)16(12)17(15)23/h6-8,23H,3-5H2,1-2H3,(H,19,21). The lowest BCUT2D eigenvalue weighted by Gasteiger charge is -2.14. The third-order valence-corrected chi connectivity index (χ3v) is 4.75.